The first-order chi connectivity index (χ1) is 10.2. The highest BCUT2D eigenvalue weighted by atomic mass is 16.5. The average Bonchev–Trinajstić information content (AvgIpc) is 3.38. The molecule has 0 aliphatic heterocycles. The maximum Gasteiger partial charge on any atom is 0.326 e. The predicted octanol–water partition coefficient (Wildman–Crippen LogP) is 2.32. The van der Waals surface area contributed by atoms with E-state index in [0.29, 0.717) is 6.04 Å². The molecule has 0 spiro atoms. The van der Waals surface area contributed by atoms with Crippen LogP contribution in [-0.2, 0) is 9.53 Å². The lowest BCUT2D eigenvalue weighted by atomic mass is 9.78. The van der Waals surface area contributed by atoms with Crippen molar-refractivity contribution in [1.82, 2.24) is 10.2 Å². The average molecular weight is 294 g/mol. The molecule has 1 N–H and O–H groups in total. The van der Waals surface area contributed by atoms with Gasteiger partial charge in [0.1, 0.15) is 5.54 Å². The highest BCUT2D eigenvalue weighted by Gasteiger charge is 2.47. The minimum atomic E-state index is -0.441. The van der Waals surface area contributed by atoms with Crippen molar-refractivity contribution in [2.24, 2.45) is 5.92 Å². The van der Waals surface area contributed by atoms with Gasteiger partial charge in [0, 0.05) is 18.6 Å². The number of carbonyl (C=O) groups excluding carboxylic acids is 1. The molecule has 120 valence electrons. The molecule has 0 amide bonds. The van der Waals surface area contributed by atoms with E-state index in [1.54, 1.807) is 0 Å². The summed E-state index contributed by atoms with van der Waals surface area (Å²) in [4.78, 5) is 15.1. The summed E-state index contributed by atoms with van der Waals surface area (Å²) in [6, 6.07) is 1.36. The van der Waals surface area contributed by atoms with Crippen molar-refractivity contribution < 1.29 is 9.53 Å². The van der Waals surface area contributed by atoms with Crippen molar-refractivity contribution in [2.45, 2.75) is 75.9 Å². The molecule has 0 saturated heterocycles. The van der Waals surface area contributed by atoms with E-state index in [-0.39, 0.29) is 5.97 Å². The monoisotopic (exact) mass is 294 g/mol. The zero-order valence-electron chi connectivity index (χ0n) is 13.6. The van der Waals surface area contributed by atoms with Gasteiger partial charge in [-0.2, -0.15) is 0 Å². The van der Waals surface area contributed by atoms with Crippen LogP contribution in [0.3, 0.4) is 0 Å². The van der Waals surface area contributed by atoms with Gasteiger partial charge in [0.05, 0.1) is 7.11 Å². The number of ether oxygens (including phenoxy) is 1. The molecule has 4 nitrogen and oxygen atoms in total. The number of rotatable bonds is 7. The minimum absolute atomic E-state index is 0.0591. The largest absolute Gasteiger partial charge is 0.468 e. The molecule has 3 aliphatic carbocycles. The summed E-state index contributed by atoms with van der Waals surface area (Å²) in [5.41, 5.74) is -0.441. The third-order valence-corrected chi connectivity index (χ3v) is 5.47. The van der Waals surface area contributed by atoms with Gasteiger partial charge >= 0.3 is 5.97 Å². The summed E-state index contributed by atoms with van der Waals surface area (Å²) in [5.74, 6) is 0.871. The molecule has 21 heavy (non-hydrogen) atoms. The quantitative estimate of drug-likeness (QED) is 0.732. The van der Waals surface area contributed by atoms with E-state index >= 15 is 0 Å². The number of hydrogen-bond acceptors (Lipinski definition) is 4. The second-order valence-corrected chi connectivity index (χ2v) is 7.23. The molecule has 0 aromatic rings. The van der Waals surface area contributed by atoms with Crippen LogP contribution in [0.4, 0.5) is 0 Å². The fourth-order valence-electron chi connectivity index (χ4n) is 4.08. The third kappa shape index (κ3) is 3.42. The second kappa shape index (κ2) is 6.25. The minimum Gasteiger partial charge on any atom is -0.468 e. The first-order valence-electron chi connectivity index (χ1n) is 8.77. The number of esters is 1. The fraction of sp³-hybridized carbons (Fsp3) is 0.941. The molecule has 0 bridgehead atoms. The van der Waals surface area contributed by atoms with Crippen molar-refractivity contribution in [2.75, 3.05) is 20.2 Å². The van der Waals surface area contributed by atoms with Crippen LogP contribution in [0.15, 0.2) is 0 Å². The van der Waals surface area contributed by atoms with Gasteiger partial charge in [0.25, 0.3) is 0 Å². The smallest absolute Gasteiger partial charge is 0.326 e. The Balaban J connectivity index is 1.71. The molecule has 2 atom stereocenters. The van der Waals surface area contributed by atoms with E-state index < -0.39 is 5.54 Å². The molecule has 2 unspecified atom stereocenters. The van der Waals surface area contributed by atoms with Crippen LogP contribution in [-0.4, -0.2) is 48.7 Å². The molecular formula is C17H30N2O2. The van der Waals surface area contributed by atoms with Gasteiger partial charge in [-0.25, -0.2) is 0 Å². The van der Waals surface area contributed by atoms with Crippen LogP contribution >= 0.6 is 0 Å². The van der Waals surface area contributed by atoms with Gasteiger partial charge in [-0.3, -0.25) is 9.69 Å². The summed E-state index contributed by atoms with van der Waals surface area (Å²) in [6.07, 6.45) is 9.75. The maximum absolute atomic E-state index is 12.4. The molecule has 3 fully saturated rings. The van der Waals surface area contributed by atoms with E-state index in [9.17, 15) is 4.79 Å². The summed E-state index contributed by atoms with van der Waals surface area (Å²) in [6.45, 7) is 4.17. The zero-order valence-corrected chi connectivity index (χ0v) is 13.6. The van der Waals surface area contributed by atoms with Crippen LogP contribution in [0.2, 0.25) is 0 Å². The first kappa shape index (κ1) is 15.3. The Morgan fingerprint density at radius 2 is 2.00 bits per heavy atom. The van der Waals surface area contributed by atoms with Crippen LogP contribution in [0, 0.1) is 5.92 Å². The SMILES string of the molecule is CCNC1(C(=O)OC)CCCC(N(CC2CC2)C2CC2)C1. The second-order valence-electron chi connectivity index (χ2n) is 7.23. The van der Waals surface area contributed by atoms with Gasteiger partial charge in [0.2, 0.25) is 0 Å². The van der Waals surface area contributed by atoms with Crippen LogP contribution in [0.25, 0.3) is 0 Å². The normalized spacial score (nSPS) is 33.2. The third-order valence-electron chi connectivity index (χ3n) is 5.47. The number of likely N-dealkylation sites (N-methyl/N-ethyl adjacent to an activating group) is 1. The molecule has 4 heteroatoms. The van der Waals surface area contributed by atoms with E-state index in [1.165, 1.54) is 45.8 Å². The zero-order chi connectivity index (χ0) is 14.9. The molecule has 3 saturated carbocycles. The Hall–Kier alpha value is -0.610. The van der Waals surface area contributed by atoms with Crippen molar-refractivity contribution >= 4 is 5.97 Å². The van der Waals surface area contributed by atoms with Gasteiger partial charge < -0.3 is 10.1 Å². The lowest BCUT2D eigenvalue weighted by molar-refractivity contribution is -0.151. The lowest BCUT2D eigenvalue weighted by Crippen LogP contribution is -2.59. The number of nitrogens with zero attached hydrogens (tertiary/aromatic N) is 1. The lowest BCUT2D eigenvalue weighted by Gasteiger charge is -2.43. The van der Waals surface area contributed by atoms with Crippen molar-refractivity contribution in [3.8, 4) is 0 Å². The number of carbonyl (C=O) groups is 1. The predicted molar refractivity (Wildman–Crippen MR) is 83.1 cm³/mol. The number of nitrogens with one attached hydrogen (secondary N) is 1. The molecule has 3 rings (SSSR count). The molecule has 0 heterocycles. The number of hydrogen-bond donors (Lipinski definition) is 1. The Labute approximate surface area is 128 Å². The molecule has 0 aromatic heterocycles. The summed E-state index contributed by atoms with van der Waals surface area (Å²) in [7, 11) is 1.52. The first-order valence-corrected chi connectivity index (χ1v) is 8.77. The van der Waals surface area contributed by atoms with E-state index in [4.69, 9.17) is 4.74 Å². The molecule has 0 radical (unpaired) electrons. The fourth-order valence-corrected chi connectivity index (χ4v) is 4.08. The molecule has 0 aromatic carbocycles. The standard InChI is InChI=1S/C17H30N2O2/c1-3-18-17(16(20)21-2)10-4-5-15(11-17)19(14-8-9-14)12-13-6-7-13/h13-15,18H,3-12H2,1-2H3. The van der Waals surface area contributed by atoms with Gasteiger partial charge in [-0.05, 0) is 63.8 Å². The van der Waals surface area contributed by atoms with Gasteiger partial charge in [-0.15, -0.1) is 0 Å². The van der Waals surface area contributed by atoms with E-state index in [1.807, 2.05) is 0 Å². The van der Waals surface area contributed by atoms with Crippen LogP contribution in [0.5, 0.6) is 0 Å². The Kier molecular flexibility index (Phi) is 4.55. The van der Waals surface area contributed by atoms with Crippen LogP contribution < -0.4 is 5.32 Å². The highest BCUT2D eigenvalue weighted by molar-refractivity contribution is 5.81. The van der Waals surface area contributed by atoms with Crippen molar-refractivity contribution in [1.29, 1.82) is 0 Å². The summed E-state index contributed by atoms with van der Waals surface area (Å²) >= 11 is 0. The van der Waals surface area contributed by atoms with Gasteiger partial charge in [0.15, 0.2) is 0 Å². The van der Waals surface area contributed by atoms with E-state index in [2.05, 4.69) is 17.1 Å². The van der Waals surface area contributed by atoms with Crippen LogP contribution in [0.1, 0.15) is 58.3 Å². The van der Waals surface area contributed by atoms with Crippen molar-refractivity contribution in [3.63, 3.8) is 0 Å². The van der Waals surface area contributed by atoms with Gasteiger partial charge in [-0.1, -0.05) is 6.92 Å². The Bertz CT molecular complexity index is 375. The maximum atomic E-state index is 12.4. The summed E-state index contributed by atoms with van der Waals surface area (Å²) in [5, 5.41) is 3.46. The Morgan fingerprint density at radius 3 is 2.57 bits per heavy atom. The van der Waals surface area contributed by atoms with E-state index in [0.717, 1.165) is 37.8 Å². The topological polar surface area (TPSA) is 41.6 Å². The molecule has 3 aliphatic rings. The molecular weight excluding hydrogens is 264 g/mol. The Morgan fingerprint density at radius 1 is 1.24 bits per heavy atom. The summed E-state index contributed by atoms with van der Waals surface area (Å²) < 4.78 is 5.12. The highest BCUT2D eigenvalue weighted by Crippen LogP contribution is 2.41. The number of methoxy groups -OCH3 is 1. The van der Waals surface area contributed by atoms with Crippen molar-refractivity contribution in [3.05, 3.63) is 0 Å².